The molecular formula is C30H30F3N5O5S. The predicted octanol–water partition coefficient (Wildman–Crippen LogP) is 6.16. The lowest BCUT2D eigenvalue weighted by atomic mass is 9.83. The van der Waals surface area contributed by atoms with Crippen LogP contribution in [0, 0.1) is 5.92 Å². The Morgan fingerprint density at radius 3 is 2.55 bits per heavy atom. The van der Waals surface area contributed by atoms with Gasteiger partial charge in [-0.2, -0.15) is 13.2 Å². The number of carboxylic acids is 1. The molecule has 4 N–H and O–H groups in total. The number of carbonyl (C=O) groups is 2. The standard InChI is InChI=1S/C30H30F3N5O5S/c1-2-34-29(43)37-25-11-18(27-36-24(15-44-27)30(31,32)33)20(12-35-25)17-8-9-22-19(10-17)26(40)21(28(41)42)13-38(22)23(14-39)16-6-4-3-5-7-16/h8-13,15-16,23,39H,2-7,14H2,1H3,(H,41,42)(H2,34,35,37,43)/t23-/m1/s1. The van der Waals surface area contributed by atoms with E-state index in [1.807, 2.05) is 0 Å². The fourth-order valence-electron chi connectivity index (χ4n) is 5.71. The second-order valence-corrected chi connectivity index (χ2v) is 11.5. The highest BCUT2D eigenvalue weighted by atomic mass is 32.1. The zero-order valence-corrected chi connectivity index (χ0v) is 24.5. The molecule has 0 bridgehead atoms. The number of nitrogens with zero attached hydrogens (tertiary/aromatic N) is 3. The number of hydrogen-bond donors (Lipinski definition) is 4. The molecule has 232 valence electrons. The highest BCUT2D eigenvalue weighted by Gasteiger charge is 2.34. The smallest absolute Gasteiger partial charge is 0.434 e. The van der Waals surface area contributed by atoms with E-state index < -0.39 is 40.9 Å². The van der Waals surface area contributed by atoms with E-state index in [-0.39, 0.29) is 34.3 Å². The van der Waals surface area contributed by atoms with Gasteiger partial charge < -0.3 is 20.1 Å². The number of anilines is 1. The average Bonchev–Trinajstić information content (AvgIpc) is 3.50. The Hall–Kier alpha value is -4.30. The van der Waals surface area contributed by atoms with Crippen LogP contribution >= 0.6 is 11.3 Å². The van der Waals surface area contributed by atoms with Crippen LogP contribution in [-0.4, -0.2) is 49.9 Å². The third-order valence-corrected chi connectivity index (χ3v) is 8.70. The molecule has 5 rings (SSSR count). The van der Waals surface area contributed by atoms with Crippen LogP contribution in [0.25, 0.3) is 32.6 Å². The van der Waals surface area contributed by atoms with Crippen molar-refractivity contribution in [2.75, 3.05) is 18.5 Å². The normalized spacial score (nSPS) is 14.8. The minimum atomic E-state index is -4.67. The molecule has 14 heteroatoms. The second kappa shape index (κ2) is 12.7. The van der Waals surface area contributed by atoms with E-state index in [1.165, 1.54) is 24.5 Å². The number of urea groups is 1. The van der Waals surface area contributed by atoms with Crippen LogP contribution in [0.15, 0.2) is 46.8 Å². The number of aliphatic hydroxyl groups excluding tert-OH is 1. The van der Waals surface area contributed by atoms with Crippen LogP contribution in [0.3, 0.4) is 0 Å². The molecular weight excluding hydrogens is 599 g/mol. The fraction of sp³-hybridized carbons (Fsp3) is 0.367. The van der Waals surface area contributed by atoms with E-state index >= 15 is 0 Å². The summed E-state index contributed by atoms with van der Waals surface area (Å²) in [5.74, 6) is -1.26. The van der Waals surface area contributed by atoms with E-state index in [1.54, 1.807) is 23.6 Å². The number of pyridine rings is 2. The first-order valence-electron chi connectivity index (χ1n) is 14.1. The van der Waals surface area contributed by atoms with Crippen molar-refractivity contribution >= 4 is 40.1 Å². The topological polar surface area (TPSA) is 146 Å². The van der Waals surface area contributed by atoms with Gasteiger partial charge >= 0.3 is 18.2 Å². The van der Waals surface area contributed by atoms with Crippen LogP contribution < -0.4 is 16.1 Å². The molecule has 0 unspecified atom stereocenters. The van der Waals surface area contributed by atoms with Gasteiger partial charge in [-0.1, -0.05) is 25.3 Å². The third-order valence-electron chi connectivity index (χ3n) is 7.82. The lowest BCUT2D eigenvalue weighted by Gasteiger charge is -2.32. The summed E-state index contributed by atoms with van der Waals surface area (Å²) in [7, 11) is 0. The van der Waals surface area contributed by atoms with Crippen molar-refractivity contribution in [2.45, 2.75) is 51.2 Å². The number of fused-ring (bicyclic) bond motifs is 1. The molecule has 0 spiro atoms. The Morgan fingerprint density at radius 2 is 1.91 bits per heavy atom. The molecule has 3 aromatic heterocycles. The number of rotatable bonds is 8. The van der Waals surface area contributed by atoms with Crippen molar-refractivity contribution in [3.05, 3.63) is 63.5 Å². The lowest BCUT2D eigenvalue weighted by Crippen LogP contribution is -2.28. The Labute approximate surface area is 253 Å². The number of aromatic nitrogens is 3. The number of nitrogens with one attached hydrogen (secondary N) is 2. The van der Waals surface area contributed by atoms with E-state index in [2.05, 4.69) is 20.6 Å². The Kier molecular flexibility index (Phi) is 9.02. The molecule has 1 aromatic carbocycles. The first-order chi connectivity index (χ1) is 21.0. The lowest BCUT2D eigenvalue weighted by molar-refractivity contribution is -0.140. The average molecular weight is 630 g/mol. The minimum Gasteiger partial charge on any atom is -0.477 e. The first-order valence-corrected chi connectivity index (χ1v) is 15.0. The van der Waals surface area contributed by atoms with E-state index in [4.69, 9.17) is 0 Å². The highest BCUT2D eigenvalue weighted by Crippen LogP contribution is 2.40. The molecule has 1 atom stereocenters. The number of benzene rings is 1. The monoisotopic (exact) mass is 629 g/mol. The summed E-state index contributed by atoms with van der Waals surface area (Å²) in [6.45, 7) is 1.81. The van der Waals surface area contributed by atoms with Crippen LogP contribution in [0.5, 0.6) is 0 Å². The van der Waals surface area contributed by atoms with Gasteiger partial charge in [-0.15, -0.1) is 11.3 Å². The van der Waals surface area contributed by atoms with E-state index in [0.717, 1.165) is 48.8 Å². The summed E-state index contributed by atoms with van der Waals surface area (Å²) in [5, 5.41) is 26.3. The quantitative estimate of drug-likeness (QED) is 0.183. The maximum Gasteiger partial charge on any atom is 0.434 e. The molecule has 4 aromatic rings. The van der Waals surface area contributed by atoms with Crippen molar-refractivity contribution < 1.29 is 33.0 Å². The van der Waals surface area contributed by atoms with Gasteiger partial charge in [0.1, 0.15) is 16.4 Å². The van der Waals surface area contributed by atoms with Gasteiger partial charge in [0.2, 0.25) is 5.43 Å². The van der Waals surface area contributed by atoms with Gasteiger partial charge in [-0.25, -0.2) is 19.6 Å². The van der Waals surface area contributed by atoms with Crippen LogP contribution in [-0.2, 0) is 6.18 Å². The second-order valence-electron chi connectivity index (χ2n) is 10.6. The molecule has 10 nitrogen and oxygen atoms in total. The largest absolute Gasteiger partial charge is 0.477 e. The SMILES string of the molecule is CCNC(=O)Nc1cc(-c2nc(C(F)(F)F)cs2)c(-c2ccc3c(c2)c(=O)c(C(=O)O)cn3[C@H](CO)C2CCCCC2)cn1. The number of aromatic carboxylic acids is 1. The van der Waals surface area contributed by atoms with Crippen molar-refractivity contribution in [3.63, 3.8) is 0 Å². The molecule has 0 aliphatic heterocycles. The van der Waals surface area contributed by atoms with Gasteiger partial charge in [0.05, 0.1) is 18.2 Å². The summed E-state index contributed by atoms with van der Waals surface area (Å²) in [4.78, 5) is 45.7. The number of alkyl halides is 3. The van der Waals surface area contributed by atoms with Crippen molar-refractivity contribution in [1.29, 1.82) is 0 Å². The first kappa shape index (κ1) is 31.1. The fourth-order valence-corrected chi connectivity index (χ4v) is 6.57. The minimum absolute atomic E-state index is 0.00288. The van der Waals surface area contributed by atoms with Crippen LogP contribution in [0.4, 0.5) is 23.8 Å². The van der Waals surface area contributed by atoms with Crippen molar-refractivity contribution in [3.8, 4) is 21.7 Å². The number of carbonyl (C=O) groups excluding carboxylic acids is 1. The van der Waals surface area contributed by atoms with Gasteiger partial charge in [0.25, 0.3) is 0 Å². The van der Waals surface area contributed by atoms with E-state index in [0.29, 0.717) is 23.2 Å². The maximum absolute atomic E-state index is 13.4. The number of thiazole rings is 1. The zero-order chi connectivity index (χ0) is 31.6. The molecule has 1 aliphatic carbocycles. The molecule has 0 radical (unpaired) electrons. The third kappa shape index (κ3) is 6.31. The summed E-state index contributed by atoms with van der Waals surface area (Å²) in [6.07, 6.45) is 2.74. The predicted molar refractivity (Wildman–Crippen MR) is 160 cm³/mol. The maximum atomic E-state index is 13.4. The van der Waals surface area contributed by atoms with Gasteiger partial charge in [-0.05, 0) is 49.4 Å². The summed E-state index contributed by atoms with van der Waals surface area (Å²) >= 11 is 0.756. The zero-order valence-electron chi connectivity index (χ0n) is 23.6. The van der Waals surface area contributed by atoms with Gasteiger partial charge in [-0.3, -0.25) is 10.1 Å². The Balaban J connectivity index is 1.69. The summed E-state index contributed by atoms with van der Waals surface area (Å²) in [5.41, 5.74) is -0.944. The van der Waals surface area contributed by atoms with Gasteiger partial charge in [0.15, 0.2) is 5.69 Å². The van der Waals surface area contributed by atoms with Crippen LogP contribution in [0.1, 0.15) is 61.1 Å². The highest BCUT2D eigenvalue weighted by molar-refractivity contribution is 7.13. The van der Waals surface area contributed by atoms with Crippen molar-refractivity contribution in [2.24, 2.45) is 5.92 Å². The number of carboxylic acid groups (broad SMARTS) is 1. The molecule has 3 heterocycles. The van der Waals surface area contributed by atoms with Crippen molar-refractivity contribution in [1.82, 2.24) is 19.9 Å². The summed E-state index contributed by atoms with van der Waals surface area (Å²) < 4.78 is 41.9. The van der Waals surface area contributed by atoms with E-state index in [9.17, 15) is 37.8 Å². The number of amides is 2. The Morgan fingerprint density at radius 1 is 1.16 bits per heavy atom. The number of hydrogen-bond acceptors (Lipinski definition) is 7. The molecule has 1 fully saturated rings. The molecule has 0 saturated heterocycles. The number of aliphatic hydroxyl groups is 1. The van der Waals surface area contributed by atoms with Crippen LogP contribution in [0.2, 0.25) is 0 Å². The summed E-state index contributed by atoms with van der Waals surface area (Å²) in [6, 6.07) is 5.16. The molecule has 44 heavy (non-hydrogen) atoms. The molecule has 1 saturated carbocycles. The molecule has 1 aliphatic rings. The molecule has 2 amide bonds. The van der Waals surface area contributed by atoms with Gasteiger partial charge in [0, 0.05) is 40.8 Å². The number of halogens is 3. The Bertz CT molecular complexity index is 1760.